The van der Waals surface area contributed by atoms with Crippen LogP contribution in [0.4, 0.5) is 0 Å². The van der Waals surface area contributed by atoms with Gasteiger partial charge in [-0.3, -0.25) is 9.59 Å². The van der Waals surface area contributed by atoms with Crippen LogP contribution in [0.1, 0.15) is 12.5 Å². The molecule has 1 aliphatic heterocycles. The lowest BCUT2D eigenvalue weighted by Crippen LogP contribution is -2.53. The van der Waals surface area contributed by atoms with Crippen molar-refractivity contribution in [1.29, 1.82) is 0 Å². The average molecular weight is 282 g/mol. The SMILES string of the molecule is CC(C(=O)O)C1CN(C(=O)Cc2ccc(Cl)cc2)C1. The number of hydrogen-bond acceptors (Lipinski definition) is 2. The van der Waals surface area contributed by atoms with E-state index in [0.29, 0.717) is 24.5 Å². The second-order valence-electron chi connectivity index (χ2n) is 4.99. The number of carboxylic acids is 1. The molecule has 1 saturated heterocycles. The molecule has 1 aromatic carbocycles. The number of likely N-dealkylation sites (tertiary alicyclic amines) is 1. The Morgan fingerprint density at radius 1 is 1.37 bits per heavy atom. The summed E-state index contributed by atoms with van der Waals surface area (Å²) in [4.78, 5) is 24.5. The summed E-state index contributed by atoms with van der Waals surface area (Å²) in [6.07, 6.45) is 0.339. The number of carbonyl (C=O) groups excluding carboxylic acids is 1. The highest BCUT2D eigenvalue weighted by molar-refractivity contribution is 6.30. The highest BCUT2D eigenvalue weighted by atomic mass is 35.5. The van der Waals surface area contributed by atoms with Crippen LogP contribution in [0.25, 0.3) is 0 Å². The van der Waals surface area contributed by atoms with Gasteiger partial charge in [-0.25, -0.2) is 0 Å². The highest BCUT2D eigenvalue weighted by Gasteiger charge is 2.36. The fourth-order valence-electron chi connectivity index (χ4n) is 2.12. The van der Waals surface area contributed by atoms with Crippen molar-refractivity contribution in [2.45, 2.75) is 13.3 Å². The van der Waals surface area contributed by atoms with E-state index in [0.717, 1.165) is 5.56 Å². The number of aliphatic carboxylic acids is 1. The number of rotatable bonds is 4. The molecule has 0 bridgehead atoms. The minimum Gasteiger partial charge on any atom is -0.481 e. The summed E-state index contributed by atoms with van der Waals surface area (Å²) >= 11 is 5.78. The van der Waals surface area contributed by atoms with E-state index in [-0.39, 0.29) is 17.7 Å². The van der Waals surface area contributed by atoms with E-state index in [2.05, 4.69) is 0 Å². The second-order valence-corrected chi connectivity index (χ2v) is 5.43. The van der Waals surface area contributed by atoms with Crippen LogP contribution >= 0.6 is 11.6 Å². The number of halogens is 1. The van der Waals surface area contributed by atoms with Crippen molar-refractivity contribution < 1.29 is 14.7 Å². The largest absolute Gasteiger partial charge is 0.481 e. The van der Waals surface area contributed by atoms with E-state index in [1.165, 1.54) is 0 Å². The minimum atomic E-state index is -0.796. The van der Waals surface area contributed by atoms with Gasteiger partial charge in [-0.1, -0.05) is 30.7 Å². The van der Waals surface area contributed by atoms with E-state index in [4.69, 9.17) is 16.7 Å². The van der Waals surface area contributed by atoms with Crippen LogP contribution in [0.3, 0.4) is 0 Å². The van der Waals surface area contributed by atoms with Gasteiger partial charge in [-0.15, -0.1) is 0 Å². The van der Waals surface area contributed by atoms with Crippen molar-refractivity contribution in [2.24, 2.45) is 11.8 Å². The fourth-order valence-corrected chi connectivity index (χ4v) is 2.25. The van der Waals surface area contributed by atoms with Gasteiger partial charge in [0, 0.05) is 24.0 Å². The van der Waals surface area contributed by atoms with Crippen molar-refractivity contribution in [1.82, 2.24) is 4.90 Å². The number of nitrogens with zero attached hydrogens (tertiary/aromatic N) is 1. The summed E-state index contributed by atoms with van der Waals surface area (Å²) < 4.78 is 0. The molecule has 1 aliphatic rings. The van der Waals surface area contributed by atoms with Crippen molar-refractivity contribution >= 4 is 23.5 Å². The predicted octanol–water partition coefficient (Wildman–Crippen LogP) is 2.06. The fraction of sp³-hybridized carbons (Fsp3) is 0.429. The summed E-state index contributed by atoms with van der Waals surface area (Å²) in [5.41, 5.74) is 0.920. The topological polar surface area (TPSA) is 57.6 Å². The predicted molar refractivity (Wildman–Crippen MR) is 72.0 cm³/mol. The van der Waals surface area contributed by atoms with Crippen LogP contribution < -0.4 is 0 Å². The average Bonchev–Trinajstić information content (AvgIpc) is 2.30. The number of carboxylic acid groups (broad SMARTS) is 1. The molecule has 0 spiro atoms. The third-order valence-corrected chi connectivity index (χ3v) is 3.88. The molecule has 0 radical (unpaired) electrons. The zero-order valence-corrected chi connectivity index (χ0v) is 11.4. The van der Waals surface area contributed by atoms with E-state index < -0.39 is 5.97 Å². The van der Waals surface area contributed by atoms with Gasteiger partial charge < -0.3 is 10.0 Å². The molecule has 1 unspecified atom stereocenters. The van der Waals surface area contributed by atoms with Gasteiger partial charge in [0.1, 0.15) is 0 Å². The molecule has 0 aromatic heterocycles. The van der Waals surface area contributed by atoms with Gasteiger partial charge in [-0.2, -0.15) is 0 Å². The van der Waals surface area contributed by atoms with Crippen molar-refractivity contribution in [3.63, 3.8) is 0 Å². The third kappa shape index (κ3) is 3.26. The monoisotopic (exact) mass is 281 g/mol. The Bertz CT molecular complexity index is 480. The number of benzene rings is 1. The molecule has 0 saturated carbocycles. The molecular weight excluding hydrogens is 266 g/mol. The maximum absolute atomic E-state index is 12.0. The lowest BCUT2D eigenvalue weighted by atomic mass is 9.87. The lowest BCUT2D eigenvalue weighted by Gasteiger charge is -2.41. The molecule has 1 aromatic rings. The smallest absolute Gasteiger partial charge is 0.306 e. The number of hydrogen-bond donors (Lipinski definition) is 1. The highest BCUT2D eigenvalue weighted by Crippen LogP contribution is 2.24. The molecule has 102 valence electrons. The van der Waals surface area contributed by atoms with Crippen LogP contribution in [0, 0.1) is 11.8 Å². The van der Waals surface area contributed by atoms with Crippen molar-refractivity contribution in [3.05, 3.63) is 34.9 Å². The molecule has 1 N–H and O–H groups in total. The first kappa shape index (κ1) is 13.9. The summed E-state index contributed by atoms with van der Waals surface area (Å²) in [5, 5.41) is 9.54. The van der Waals surface area contributed by atoms with E-state index in [9.17, 15) is 9.59 Å². The summed E-state index contributed by atoms with van der Waals surface area (Å²) in [5.74, 6) is -1.07. The van der Waals surface area contributed by atoms with Crippen molar-refractivity contribution in [3.8, 4) is 0 Å². The normalized spacial score (nSPS) is 16.8. The van der Waals surface area contributed by atoms with E-state index in [1.54, 1.807) is 24.0 Å². The first-order valence-corrected chi connectivity index (χ1v) is 6.60. The van der Waals surface area contributed by atoms with Crippen LogP contribution in [-0.2, 0) is 16.0 Å². The number of carbonyl (C=O) groups is 2. The van der Waals surface area contributed by atoms with Crippen LogP contribution in [0.5, 0.6) is 0 Å². The lowest BCUT2D eigenvalue weighted by molar-refractivity contribution is -0.150. The Morgan fingerprint density at radius 3 is 2.47 bits per heavy atom. The Kier molecular flexibility index (Phi) is 4.10. The van der Waals surface area contributed by atoms with E-state index in [1.807, 2.05) is 12.1 Å². The summed E-state index contributed by atoms with van der Waals surface area (Å²) in [7, 11) is 0. The van der Waals surface area contributed by atoms with Crippen LogP contribution in [-0.4, -0.2) is 35.0 Å². The Labute approximate surface area is 117 Å². The zero-order chi connectivity index (χ0) is 14.0. The maximum Gasteiger partial charge on any atom is 0.306 e. The van der Waals surface area contributed by atoms with Crippen LogP contribution in [0.2, 0.25) is 5.02 Å². The molecule has 1 atom stereocenters. The van der Waals surface area contributed by atoms with Crippen molar-refractivity contribution in [2.75, 3.05) is 13.1 Å². The molecule has 4 nitrogen and oxygen atoms in total. The molecule has 1 amide bonds. The summed E-state index contributed by atoms with van der Waals surface area (Å²) in [6.45, 7) is 2.77. The molecular formula is C14H16ClNO3. The van der Waals surface area contributed by atoms with E-state index >= 15 is 0 Å². The first-order valence-electron chi connectivity index (χ1n) is 6.22. The summed E-state index contributed by atoms with van der Waals surface area (Å²) in [6, 6.07) is 7.18. The third-order valence-electron chi connectivity index (χ3n) is 3.63. The van der Waals surface area contributed by atoms with Gasteiger partial charge in [0.15, 0.2) is 0 Å². The van der Waals surface area contributed by atoms with Crippen LogP contribution in [0.15, 0.2) is 24.3 Å². The molecule has 19 heavy (non-hydrogen) atoms. The van der Waals surface area contributed by atoms with Gasteiger partial charge in [0.25, 0.3) is 0 Å². The Morgan fingerprint density at radius 2 is 1.95 bits per heavy atom. The zero-order valence-electron chi connectivity index (χ0n) is 10.7. The second kappa shape index (κ2) is 5.61. The molecule has 0 aliphatic carbocycles. The molecule has 1 heterocycles. The molecule has 5 heteroatoms. The molecule has 1 fully saturated rings. The number of amides is 1. The Balaban J connectivity index is 1.83. The quantitative estimate of drug-likeness (QED) is 0.919. The standard InChI is InChI=1S/C14H16ClNO3/c1-9(14(18)19)11-7-16(8-11)13(17)6-10-2-4-12(15)5-3-10/h2-5,9,11H,6-8H2,1H3,(H,18,19). The van der Waals surface area contributed by atoms with Gasteiger partial charge in [-0.05, 0) is 17.7 Å². The first-order chi connectivity index (χ1) is 8.97. The van der Waals surface area contributed by atoms with Gasteiger partial charge in [0.05, 0.1) is 12.3 Å². The van der Waals surface area contributed by atoms with Gasteiger partial charge in [0.2, 0.25) is 5.91 Å². The minimum absolute atomic E-state index is 0.0381. The maximum atomic E-state index is 12.0. The molecule has 2 rings (SSSR count). The van der Waals surface area contributed by atoms with Gasteiger partial charge >= 0.3 is 5.97 Å². The Hall–Kier alpha value is -1.55.